The maximum Gasteiger partial charge on any atom is 0.340 e. The lowest BCUT2D eigenvalue weighted by atomic mass is 9.42. The fourth-order valence-corrected chi connectivity index (χ4v) is 13.2. The highest BCUT2D eigenvalue weighted by molar-refractivity contribution is 6.22. The summed E-state index contributed by atoms with van der Waals surface area (Å²) in [5, 5.41) is 26.6. The summed E-state index contributed by atoms with van der Waals surface area (Å²) < 4.78 is 31.4. The monoisotopic (exact) mass is 682 g/mol. The van der Waals surface area contributed by atoms with Gasteiger partial charge in [-0.05, 0) is 43.9 Å². The number of methoxy groups -OCH3 is 4. The van der Waals surface area contributed by atoms with Crippen molar-refractivity contribution in [3.8, 4) is 0 Å². The third-order valence-corrected chi connectivity index (χ3v) is 14.5. The maximum absolute atomic E-state index is 14.1. The first kappa shape index (κ1) is 33.7. The Balaban J connectivity index is 1.23. The van der Waals surface area contributed by atoms with Crippen LogP contribution >= 0.6 is 0 Å². The first-order chi connectivity index (χ1) is 23.4. The van der Waals surface area contributed by atoms with Crippen LogP contribution in [0.4, 0.5) is 5.69 Å². The predicted molar refractivity (Wildman–Crippen MR) is 174 cm³/mol. The number of carbonyl (C=O) groups excluding carboxylic acids is 3. The Bertz CT molecular complexity index is 1560. The quantitative estimate of drug-likeness (QED) is 0.292. The molecule has 1 unspecified atom stereocenters. The van der Waals surface area contributed by atoms with Crippen LogP contribution in [0.2, 0.25) is 0 Å². The van der Waals surface area contributed by atoms with Crippen LogP contribution < -0.4 is 4.90 Å². The number of anilines is 1. The number of fused-ring (bicyclic) bond motifs is 2. The Morgan fingerprint density at radius 2 is 1.80 bits per heavy atom. The van der Waals surface area contributed by atoms with Gasteiger partial charge in [0.15, 0.2) is 0 Å². The normalized spacial score (nSPS) is 48.0. The Hall–Kier alpha value is -2.45. The first-order valence-electron chi connectivity index (χ1n) is 17.9. The third-order valence-electron chi connectivity index (χ3n) is 14.5. The molecule has 0 aromatic heterocycles. The second-order valence-corrected chi connectivity index (χ2v) is 16.0. The number of nitrogens with zero attached hydrogens (tertiary/aromatic N) is 2. The van der Waals surface area contributed by atoms with Gasteiger partial charge in [0, 0.05) is 82.3 Å². The zero-order valence-electron chi connectivity index (χ0n) is 29.3. The molecule has 12 nitrogen and oxygen atoms in total. The van der Waals surface area contributed by atoms with Crippen molar-refractivity contribution in [2.45, 2.75) is 87.6 Å². The standard InChI is InChI=1S/C37H50N2O10/c1-7-38-17-34(18-49-32(42)20-10-8-9-11-23(20)39-26(40)14-19(2)31(39)41)13-12-25(46-4)36-22-15-21-24(45-3)16-35(43,27(22)28(21)47-5)37(44,33(36)38)30(48-6)29(34)36/h8-11,19,21-22,24-25,27-30,33,43-44H,7,12-18H2,1-6H3/t19-,21+,22+,24-,25-,27+,28-,29?,30-,33-,34+,35+,36+,37-/m0/s1. The first-order valence-corrected chi connectivity index (χ1v) is 17.9. The number of likely N-dealkylation sites (N-methyl/N-ethyl adjacent to an activating group) is 1. The van der Waals surface area contributed by atoms with Crippen molar-refractivity contribution in [2.24, 2.45) is 40.4 Å². The second kappa shape index (κ2) is 11.3. The Labute approximate surface area is 287 Å². The van der Waals surface area contributed by atoms with E-state index in [1.165, 1.54) is 0 Å². The zero-order chi connectivity index (χ0) is 34.8. The SMILES string of the molecule is CCN1C[C@@]2(COC(=O)c3ccccc3N3C(=O)C[C@H](C)C3=O)CC[C@H](OC)[C@]34C2[C@H](OC)[C@](O)([C@@H]13)[C@@]1(O)C[C@H](OC)[C@H]2C[C@@H]4[C@@H]1[C@H]2OC. The number of hydrogen-bond acceptors (Lipinski definition) is 11. The minimum absolute atomic E-state index is 0.0358. The van der Waals surface area contributed by atoms with E-state index in [0.29, 0.717) is 25.9 Å². The van der Waals surface area contributed by atoms with E-state index in [1.807, 2.05) is 0 Å². The van der Waals surface area contributed by atoms with Crippen molar-refractivity contribution >= 4 is 23.5 Å². The van der Waals surface area contributed by atoms with Gasteiger partial charge in [0.2, 0.25) is 11.8 Å². The van der Waals surface area contributed by atoms with Crippen LogP contribution in [0.3, 0.4) is 0 Å². The summed E-state index contributed by atoms with van der Waals surface area (Å²) in [5.74, 6) is -2.47. The number of carbonyl (C=O) groups is 3. The molecule has 268 valence electrons. The van der Waals surface area contributed by atoms with Crippen LogP contribution in [0.1, 0.15) is 56.3 Å². The molecule has 14 atom stereocenters. The number of para-hydroxylation sites is 1. The lowest BCUT2D eigenvalue weighted by Gasteiger charge is -2.70. The fraction of sp³-hybridized carbons (Fsp3) is 0.757. The van der Waals surface area contributed by atoms with E-state index < -0.39 is 46.1 Å². The molecule has 2 heterocycles. The number of esters is 1. The zero-order valence-corrected chi connectivity index (χ0v) is 29.3. The molecule has 2 saturated heterocycles. The highest BCUT2D eigenvalue weighted by Crippen LogP contribution is 2.80. The molecule has 2 N–H and O–H groups in total. The van der Waals surface area contributed by atoms with Gasteiger partial charge in [-0.3, -0.25) is 14.5 Å². The number of piperidine rings is 1. The van der Waals surface area contributed by atoms with Gasteiger partial charge < -0.3 is 33.9 Å². The van der Waals surface area contributed by atoms with E-state index in [-0.39, 0.29) is 84.5 Å². The largest absolute Gasteiger partial charge is 0.461 e. The Morgan fingerprint density at radius 3 is 2.43 bits per heavy atom. The van der Waals surface area contributed by atoms with E-state index in [9.17, 15) is 24.6 Å². The number of aliphatic hydroxyl groups is 2. The average molecular weight is 683 g/mol. The second-order valence-electron chi connectivity index (χ2n) is 16.0. The van der Waals surface area contributed by atoms with Crippen molar-refractivity contribution < 1.29 is 48.3 Å². The number of hydrogen-bond donors (Lipinski definition) is 2. The fourth-order valence-electron chi connectivity index (χ4n) is 13.2. The molecular weight excluding hydrogens is 632 g/mol. The highest BCUT2D eigenvalue weighted by atomic mass is 16.5. The molecular formula is C37H50N2O10. The summed E-state index contributed by atoms with van der Waals surface area (Å²) in [6, 6.07) is 6.12. The van der Waals surface area contributed by atoms with E-state index in [1.54, 1.807) is 59.6 Å². The van der Waals surface area contributed by atoms with Crippen LogP contribution in [-0.4, -0.2) is 123 Å². The highest BCUT2D eigenvalue weighted by Gasteiger charge is 2.91. The van der Waals surface area contributed by atoms with Gasteiger partial charge in [-0.1, -0.05) is 26.0 Å². The van der Waals surface area contributed by atoms with E-state index in [0.717, 1.165) is 11.3 Å². The molecule has 0 radical (unpaired) electrons. The van der Waals surface area contributed by atoms with E-state index >= 15 is 0 Å². The Kier molecular flexibility index (Phi) is 7.75. The molecule has 49 heavy (non-hydrogen) atoms. The van der Waals surface area contributed by atoms with E-state index in [2.05, 4.69) is 11.8 Å². The van der Waals surface area contributed by atoms with Gasteiger partial charge in [-0.25, -0.2) is 9.69 Å². The molecule has 1 aromatic rings. The van der Waals surface area contributed by atoms with Crippen molar-refractivity contribution in [1.82, 2.24) is 4.90 Å². The molecule has 5 aliphatic carbocycles. The van der Waals surface area contributed by atoms with Crippen LogP contribution in [0, 0.1) is 40.4 Å². The summed E-state index contributed by atoms with van der Waals surface area (Å²) in [4.78, 5) is 43.3. The van der Waals surface area contributed by atoms with Gasteiger partial charge >= 0.3 is 5.97 Å². The van der Waals surface area contributed by atoms with Gasteiger partial charge in [0.05, 0.1) is 48.3 Å². The lowest BCUT2D eigenvalue weighted by Crippen LogP contribution is -2.82. The third kappa shape index (κ3) is 3.86. The smallest absolute Gasteiger partial charge is 0.340 e. The number of rotatable bonds is 9. The van der Waals surface area contributed by atoms with Crippen LogP contribution in [-0.2, 0) is 33.3 Å². The maximum atomic E-state index is 14.1. The minimum atomic E-state index is -1.70. The topological polar surface area (TPSA) is 144 Å². The lowest BCUT2D eigenvalue weighted by molar-refractivity contribution is -0.320. The van der Waals surface area contributed by atoms with Crippen LogP contribution in [0.5, 0.6) is 0 Å². The van der Waals surface area contributed by atoms with Gasteiger partial charge in [0.1, 0.15) is 11.2 Å². The Morgan fingerprint density at radius 1 is 1.04 bits per heavy atom. The van der Waals surface area contributed by atoms with Crippen LogP contribution in [0.15, 0.2) is 24.3 Å². The van der Waals surface area contributed by atoms with Crippen LogP contribution in [0.25, 0.3) is 0 Å². The molecule has 8 rings (SSSR count). The summed E-state index contributed by atoms with van der Waals surface area (Å²) in [5.41, 5.74) is -4.17. The minimum Gasteiger partial charge on any atom is -0.461 e. The number of ether oxygens (including phenoxy) is 5. The number of likely N-dealkylation sites (tertiary alicyclic amines) is 1. The molecule has 7 fully saturated rings. The van der Waals surface area contributed by atoms with Crippen molar-refractivity contribution in [3.05, 3.63) is 29.8 Å². The summed E-state index contributed by atoms with van der Waals surface area (Å²) in [6.45, 7) is 4.95. The van der Waals surface area contributed by atoms with Crippen molar-refractivity contribution in [1.29, 1.82) is 0 Å². The van der Waals surface area contributed by atoms with Gasteiger partial charge in [0.25, 0.3) is 0 Å². The molecule has 5 saturated carbocycles. The van der Waals surface area contributed by atoms with Gasteiger partial charge in [-0.2, -0.15) is 0 Å². The van der Waals surface area contributed by atoms with E-state index in [4.69, 9.17) is 23.7 Å². The molecule has 1 spiro atoms. The summed E-state index contributed by atoms with van der Waals surface area (Å²) in [7, 11) is 6.70. The molecule has 2 aliphatic heterocycles. The average Bonchev–Trinajstić information content (AvgIpc) is 3.63. The predicted octanol–water partition coefficient (Wildman–Crippen LogP) is 2.04. The molecule has 7 aliphatic rings. The number of imide groups is 1. The van der Waals surface area contributed by atoms with Crippen molar-refractivity contribution in [2.75, 3.05) is 53.0 Å². The molecule has 2 amide bonds. The molecule has 7 bridgehead atoms. The summed E-state index contributed by atoms with van der Waals surface area (Å²) in [6.07, 6.45) is 0.813. The number of benzene rings is 1. The molecule has 1 aromatic carbocycles. The van der Waals surface area contributed by atoms with Gasteiger partial charge in [-0.15, -0.1) is 0 Å². The summed E-state index contributed by atoms with van der Waals surface area (Å²) >= 11 is 0. The molecule has 12 heteroatoms. The number of amides is 2. The van der Waals surface area contributed by atoms with Crippen molar-refractivity contribution in [3.63, 3.8) is 0 Å².